The highest BCUT2D eigenvalue weighted by Crippen LogP contribution is 2.37. The SMILES string of the molecule is O=CNCc1ccc(OC(F)(F)C(F)(F)F)cc1. The Labute approximate surface area is 98.5 Å². The van der Waals surface area contributed by atoms with Crippen LogP contribution in [0.3, 0.4) is 0 Å². The molecule has 0 atom stereocenters. The predicted molar refractivity (Wildman–Crippen MR) is 51.0 cm³/mol. The van der Waals surface area contributed by atoms with Crippen molar-refractivity contribution in [2.24, 2.45) is 0 Å². The number of rotatable bonds is 5. The number of alkyl halides is 5. The number of carbonyl (C=O) groups excluding carboxylic acids is 1. The van der Waals surface area contributed by atoms with Gasteiger partial charge in [0, 0.05) is 6.54 Å². The van der Waals surface area contributed by atoms with Gasteiger partial charge in [-0.15, -0.1) is 0 Å². The molecule has 3 nitrogen and oxygen atoms in total. The smallest absolute Gasteiger partial charge is 0.426 e. The maximum atomic E-state index is 12.5. The molecule has 0 spiro atoms. The molecule has 0 aliphatic rings. The van der Waals surface area contributed by atoms with Gasteiger partial charge >= 0.3 is 12.3 Å². The first-order valence-electron chi connectivity index (χ1n) is 4.66. The molecule has 0 aromatic heterocycles. The van der Waals surface area contributed by atoms with E-state index in [1.54, 1.807) is 0 Å². The normalized spacial score (nSPS) is 12.1. The Morgan fingerprint density at radius 3 is 2.11 bits per heavy atom. The second-order valence-corrected chi connectivity index (χ2v) is 3.26. The molecule has 0 aliphatic carbocycles. The highest BCUT2D eigenvalue weighted by molar-refractivity contribution is 5.46. The number of halogens is 5. The topological polar surface area (TPSA) is 38.3 Å². The molecule has 0 saturated heterocycles. The van der Waals surface area contributed by atoms with Crippen LogP contribution < -0.4 is 10.1 Å². The molecule has 18 heavy (non-hydrogen) atoms. The summed E-state index contributed by atoms with van der Waals surface area (Å²) >= 11 is 0. The van der Waals surface area contributed by atoms with Crippen LogP contribution in [0.5, 0.6) is 5.75 Å². The van der Waals surface area contributed by atoms with E-state index in [-0.39, 0.29) is 6.54 Å². The Kier molecular flexibility index (Phi) is 4.10. The van der Waals surface area contributed by atoms with Crippen LogP contribution in [0.15, 0.2) is 24.3 Å². The van der Waals surface area contributed by atoms with E-state index in [1.165, 1.54) is 12.1 Å². The largest absolute Gasteiger partial charge is 0.499 e. The van der Waals surface area contributed by atoms with Gasteiger partial charge in [-0.05, 0) is 17.7 Å². The number of hydrogen-bond donors (Lipinski definition) is 1. The van der Waals surface area contributed by atoms with Crippen LogP contribution in [0, 0.1) is 0 Å². The first-order chi connectivity index (χ1) is 8.26. The van der Waals surface area contributed by atoms with Crippen LogP contribution in [0.4, 0.5) is 22.0 Å². The lowest BCUT2D eigenvalue weighted by atomic mass is 10.2. The summed E-state index contributed by atoms with van der Waals surface area (Å²) in [6.45, 7) is 0.138. The van der Waals surface area contributed by atoms with E-state index in [4.69, 9.17) is 0 Å². The van der Waals surface area contributed by atoms with Crippen molar-refractivity contribution in [2.75, 3.05) is 0 Å². The minimum absolute atomic E-state index is 0.138. The number of amides is 1. The number of benzene rings is 1. The van der Waals surface area contributed by atoms with Crippen LogP contribution in [-0.2, 0) is 11.3 Å². The van der Waals surface area contributed by atoms with Crippen molar-refractivity contribution >= 4 is 6.41 Å². The van der Waals surface area contributed by atoms with Crippen molar-refractivity contribution in [3.05, 3.63) is 29.8 Å². The molecule has 1 rings (SSSR count). The van der Waals surface area contributed by atoms with E-state index < -0.39 is 18.0 Å². The van der Waals surface area contributed by atoms with Crippen molar-refractivity contribution in [3.8, 4) is 5.75 Å². The zero-order chi connectivity index (χ0) is 13.8. The van der Waals surface area contributed by atoms with E-state index in [0.29, 0.717) is 12.0 Å². The fraction of sp³-hybridized carbons (Fsp3) is 0.300. The zero-order valence-electron chi connectivity index (χ0n) is 8.80. The second kappa shape index (κ2) is 5.19. The van der Waals surface area contributed by atoms with Crippen LogP contribution in [0.25, 0.3) is 0 Å². The van der Waals surface area contributed by atoms with Crippen LogP contribution in [0.1, 0.15) is 5.56 Å². The quantitative estimate of drug-likeness (QED) is 0.658. The van der Waals surface area contributed by atoms with Gasteiger partial charge in [-0.3, -0.25) is 4.79 Å². The lowest BCUT2D eigenvalue weighted by Crippen LogP contribution is -2.41. The highest BCUT2D eigenvalue weighted by Gasteiger charge is 2.61. The van der Waals surface area contributed by atoms with E-state index >= 15 is 0 Å². The van der Waals surface area contributed by atoms with Gasteiger partial charge in [0.05, 0.1) is 0 Å². The Bertz CT molecular complexity index is 402. The summed E-state index contributed by atoms with van der Waals surface area (Å²) in [5, 5.41) is 2.31. The lowest BCUT2D eigenvalue weighted by Gasteiger charge is -2.20. The minimum atomic E-state index is -5.77. The van der Waals surface area contributed by atoms with Crippen molar-refractivity contribution in [2.45, 2.75) is 18.8 Å². The van der Waals surface area contributed by atoms with E-state index in [0.717, 1.165) is 12.1 Å². The predicted octanol–water partition coefficient (Wildman–Crippen LogP) is 2.47. The lowest BCUT2D eigenvalue weighted by molar-refractivity contribution is -0.360. The van der Waals surface area contributed by atoms with Gasteiger partial charge in [0.2, 0.25) is 6.41 Å². The maximum Gasteiger partial charge on any atom is 0.499 e. The Morgan fingerprint density at radius 2 is 1.67 bits per heavy atom. The molecule has 100 valence electrons. The van der Waals surface area contributed by atoms with Crippen molar-refractivity contribution in [1.82, 2.24) is 5.32 Å². The fourth-order valence-corrected chi connectivity index (χ4v) is 1.04. The number of ether oxygens (including phenoxy) is 1. The standard InChI is InChI=1S/C10H8F5NO2/c11-9(12,13)10(14,15)18-8-3-1-7(2-4-8)5-16-6-17/h1-4,6H,5H2,(H,16,17). The van der Waals surface area contributed by atoms with Gasteiger partial charge in [0.15, 0.2) is 0 Å². The molecule has 0 radical (unpaired) electrons. The molecule has 0 heterocycles. The van der Waals surface area contributed by atoms with Gasteiger partial charge in [-0.25, -0.2) is 0 Å². The fourth-order valence-electron chi connectivity index (χ4n) is 1.04. The summed E-state index contributed by atoms with van der Waals surface area (Å²) in [4.78, 5) is 9.98. The van der Waals surface area contributed by atoms with Gasteiger partial charge in [-0.2, -0.15) is 22.0 Å². The van der Waals surface area contributed by atoms with Crippen molar-refractivity contribution < 1.29 is 31.5 Å². The zero-order valence-corrected chi connectivity index (χ0v) is 8.80. The molecule has 0 bridgehead atoms. The third kappa shape index (κ3) is 3.57. The van der Waals surface area contributed by atoms with E-state index in [9.17, 15) is 26.7 Å². The van der Waals surface area contributed by atoms with E-state index in [1.807, 2.05) is 0 Å². The van der Waals surface area contributed by atoms with E-state index in [2.05, 4.69) is 10.1 Å². The summed E-state index contributed by atoms with van der Waals surface area (Å²) in [6, 6.07) is 4.44. The average Bonchev–Trinajstić information content (AvgIpc) is 2.26. The molecular formula is C10H8F5NO2. The summed E-state index contributed by atoms with van der Waals surface area (Å²) in [6.07, 6.45) is -10.6. The molecule has 0 saturated carbocycles. The average molecular weight is 269 g/mol. The first kappa shape index (κ1) is 14.2. The van der Waals surface area contributed by atoms with Gasteiger partial charge in [0.1, 0.15) is 5.75 Å². The monoisotopic (exact) mass is 269 g/mol. The van der Waals surface area contributed by atoms with Crippen LogP contribution >= 0.6 is 0 Å². The summed E-state index contributed by atoms with van der Waals surface area (Å²) in [5.41, 5.74) is 0.532. The van der Waals surface area contributed by atoms with Crippen molar-refractivity contribution in [3.63, 3.8) is 0 Å². The first-order valence-corrected chi connectivity index (χ1v) is 4.66. The minimum Gasteiger partial charge on any atom is -0.426 e. The third-order valence-corrected chi connectivity index (χ3v) is 1.89. The molecule has 1 aromatic rings. The Morgan fingerprint density at radius 1 is 1.11 bits per heavy atom. The Balaban J connectivity index is 2.72. The van der Waals surface area contributed by atoms with Gasteiger partial charge < -0.3 is 10.1 Å². The second-order valence-electron chi connectivity index (χ2n) is 3.26. The van der Waals surface area contributed by atoms with Gasteiger partial charge in [-0.1, -0.05) is 12.1 Å². The maximum absolute atomic E-state index is 12.5. The van der Waals surface area contributed by atoms with Crippen molar-refractivity contribution in [1.29, 1.82) is 0 Å². The molecule has 1 amide bonds. The molecule has 8 heteroatoms. The molecule has 0 unspecified atom stereocenters. The molecular weight excluding hydrogens is 261 g/mol. The number of hydrogen-bond acceptors (Lipinski definition) is 2. The summed E-state index contributed by atoms with van der Waals surface area (Å²) < 4.78 is 64.1. The molecule has 0 aliphatic heterocycles. The summed E-state index contributed by atoms with van der Waals surface area (Å²) in [7, 11) is 0. The number of carbonyl (C=O) groups is 1. The molecule has 1 N–H and O–H groups in total. The molecule has 0 fully saturated rings. The highest BCUT2D eigenvalue weighted by atomic mass is 19.4. The summed E-state index contributed by atoms with van der Waals surface area (Å²) in [5.74, 6) is -0.618. The van der Waals surface area contributed by atoms with Crippen LogP contribution in [-0.4, -0.2) is 18.7 Å². The Hall–Kier alpha value is -1.86. The molecule has 1 aromatic carbocycles. The number of nitrogens with one attached hydrogen (secondary N) is 1. The third-order valence-electron chi connectivity index (χ3n) is 1.89. The van der Waals surface area contributed by atoms with Gasteiger partial charge in [0.25, 0.3) is 0 Å². The van der Waals surface area contributed by atoms with Crippen LogP contribution in [0.2, 0.25) is 0 Å².